The number of carbonyl (C=O) groups is 1. The van der Waals surface area contributed by atoms with Crippen LogP contribution in [0.2, 0.25) is 5.15 Å². The van der Waals surface area contributed by atoms with Crippen molar-refractivity contribution in [2.75, 3.05) is 0 Å². The Morgan fingerprint density at radius 2 is 2.27 bits per heavy atom. The molecule has 0 unspecified atom stereocenters. The molecular formula is C9H7ClN4O. The molecule has 5 nitrogen and oxygen atoms in total. The van der Waals surface area contributed by atoms with Crippen LogP contribution in [0.1, 0.15) is 10.4 Å². The van der Waals surface area contributed by atoms with Gasteiger partial charge in [0.15, 0.2) is 6.29 Å². The van der Waals surface area contributed by atoms with E-state index in [0.29, 0.717) is 17.7 Å². The number of nitrogens with zero attached hydrogens (tertiary/aromatic N) is 4. The van der Waals surface area contributed by atoms with E-state index < -0.39 is 0 Å². The van der Waals surface area contributed by atoms with Gasteiger partial charge in [0.2, 0.25) is 0 Å². The fraction of sp³-hybridized carbons (Fsp3) is 0.111. The molecule has 2 aromatic rings. The van der Waals surface area contributed by atoms with Crippen molar-refractivity contribution in [1.82, 2.24) is 19.7 Å². The van der Waals surface area contributed by atoms with E-state index in [4.69, 9.17) is 11.6 Å². The summed E-state index contributed by atoms with van der Waals surface area (Å²) < 4.78 is 1.62. The molecule has 0 saturated carbocycles. The molecule has 0 amide bonds. The molecule has 0 aliphatic heterocycles. The first kappa shape index (κ1) is 9.79. The molecule has 76 valence electrons. The molecule has 0 aliphatic rings. The monoisotopic (exact) mass is 222 g/mol. The molecule has 0 N–H and O–H groups in total. The topological polar surface area (TPSA) is 60.7 Å². The van der Waals surface area contributed by atoms with Gasteiger partial charge in [-0.25, -0.2) is 9.97 Å². The lowest BCUT2D eigenvalue weighted by molar-refractivity contribution is 0.112. The van der Waals surface area contributed by atoms with Crippen LogP contribution in [0, 0.1) is 0 Å². The molecule has 0 fully saturated rings. The van der Waals surface area contributed by atoms with E-state index in [9.17, 15) is 4.79 Å². The van der Waals surface area contributed by atoms with Crippen molar-refractivity contribution in [3.05, 3.63) is 29.3 Å². The minimum Gasteiger partial charge on any atom is -0.298 e. The Hall–Kier alpha value is -1.75. The Labute approximate surface area is 90.7 Å². The molecule has 2 rings (SSSR count). The fourth-order valence-electron chi connectivity index (χ4n) is 1.22. The summed E-state index contributed by atoms with van der Waals surface area (Å²) in [5.74, 6) is 0. The maximum atomic E-state index is 10.8. The SMILES string of the molecule is Cn1ccc(-c2ncnc(Cl)c2C=O)n1. The molecule has 0 saturated heterocycles. The number of halogens is 1. The largest absolute Gasteiger partial charge is 0.298 e. The number of hydrogen-bond acceptors (Lipinski definition) is 4. The van der Waals surface area contributed by atoms with Crippen LogP contribution in [-0.2, 0) is 7.05 Å². The Morgan fingerprint density at radius 1 is 1.47 bits per heavy atom. The smallest absolute Gasteiger partial charge is 0.155 e. The summed E-state index contributed by atoms with van der Waals surface area (Å²) in [5, 5.41) is 4.28. The van der Waals surface area contributed by atoms with E-state index in [0.717, 1.165) is 0 Å². The lowest BCUT2D eigenvalue weighted by Crippen LogP contribution is -1.96. The maximum Gasteiger partial charge on any atom is 0.155 e. The number of rotatable bonds is 2. The number of aldehydes is 1. The summed E-state index contributed by atoms with van der Waals surface area (Å²) in [7, 11) is 1.78. The maximum absolute atomic E-state index is 10.8. The van der Waals surface area contributed by atoms with Gasteiger partial charge in [-0.15, -0.1) is 0 Å². The van der Waals surface area contributed by atoms with Crippen LogP contribution in [0.25, 0.3) is 11.4 Å². The zero-order valence-electron chi connectivity index (χ0n) is 7.88. The Kier molecular flexibility index (Phi) is 2.47. The molecule has 0 aliphatic carbocycles. The molecule has 0 aromatic carbocycles. The van der Waals surface area contributed by atoms with Gasteiger partial charge >= 0.3 is 0 Å². The third-order valence-corrected chi connectivity index (χ3v) is 2.21. The van der Waals surface area contributed by atoms with Crippen LogP contribution in [0.3, 0.4) is 0 Å². The zero-order valence-corrected chi connectivity index (χ0v) is 8.64. The van der Waals surface area contributed by atoms with Crippen molar-refractivity contribution in [2.45, 2.75) is 0 Å². The van der Waals surface area contributed by atoms with Gasteiger partial charge in [-0.3, -0.25) is 9.48 Å². The van der Waals surface area contributed by atoms with E-state index >= 15 is 0 Å². The van der Waals surface area contributed by atoms with E-state index in [1.165, 1.54) is 6.33 Å². The van der Waals surface area contributed by atoms with E-state index in [2.05, 4.69) is 15.1 Å². The molecular weight excluding hydrogens is 216 g/mol. The van der Waals surface area contributed by atoms with E-state index in [1.54, 1.807) is 24.0 Å². The minimum atomic E-state index is 0.139. The average Bonchev–Trinajstić information content (AvgIpc) is 2.64. The van der Waals surface area contributed by atoms with E-state index in [1.807, 2.05) is 0 Å². The van der Waals surface area contributed by atoms with Gasteiger partial charge in [-0.1, -0.05) is 11.6 Å². The zero-order chi connectivity index (χ0) is 10.8. The highest BCUT2D eigenvalue weighted by Crippen LogP contribution is 2.21. The van der Waals surface area contributed by atoms with Gasteiger partial charge < -0.3 is 0 Å². The second-order valence-corrected chi connectivity index (χ2v) is 3.28. The molecule has 0 bridgehead atoms. The van der Waals surface area contributed by atoms with Crippen molar-refractivity contribution in [3.8, 4) is 11.4 Å². The van der Waals surface area contributed by atoms with Crippen LogP contribution >= 0.6 is 11.6 Å². The second kappa shape index (κ2) is 3.78. The Bertz CT molecular complexity index is 509. The van der Waals surface area contributed by atoms with Crippen LogP contribution in [0.5, 0.6) is 0 Å². The Balaban J connectivity index is 2.62. The molecule has 2 aromatic heterocycles. The third-order valence-electron chi connectivity index (χ3n) is 1.91. The van der Waals surface area contributed by atoms with Gasteiger partial charge in [-0.2, -0.15) is 5.10 Å². The van der Waals surface area contributed by atoms with Crippen LogP contribution < -0.4 is 0 Å². The first-order valence-electron chi connectivity index (χ1n) is 4.18. The average molecular weight is 223 g/mol. The van der Waals surface area contributed by atoms with Crippen molar-refractivity contribution in [1.29, 1.82) is 0 Å². The molecule has 0 radical (unpaired) electrons. The van der Waals surface area contributed by atoms with Crippen molar-refractivity contribution in [2.24, 2.45) is 7.05 Å². The molecule has 0 spiro atoms. The Morgan fingerprint density at radius 3 is 2.87 bits per heavy atom. The summed E-state index contributed by atoms with van der Waals surface area (Å²) in [5.41, 5.74) is 1.31. The normalized spacial score (nSPS) is 10.3. The first-order chi connectivity index (χ1) is 7.22. The molecule has 0 atom stereocenters. The van der Waals surface area contributed by atoms with Gasteiger partial charge in [0, 0.05) is 13.2 Å². The van der Waals surface area contributed by atoms with Crippen LogP contribution in [-0.4, -0.2) is 26.0 Å². The third kappa shape index (κ3) is 1.73. The van der Waals surface area contributed by atoms with Crippen molar-refractivity contribution >= 4 is 17.9 Å². The summed E-state index contributed by atoms with van der Waals surface area (Å²) >= 11 is 5.77. The molecule has 15 heavy (non-hydrogen) atoms. The lowest BCUT2D eigenvalue weighted by atomic mass is 10.2. The van der Waals surface area contributed by atoms with Crippen LogP contribution in [0.4, 0.5) is 0 Å². The predicted octanol–water partition coefficient (Wildman–Crippen LogP) is 1.34. The highest BCUT2D eigenvalue weighted by molar-refractivity contribution is 6.32. The summed E-state index contributed by atoms with van der Waals surface area (Å²) in [6, 6.07) is 1.76. The second-order valence-electron chi connectivity index (χ2n) is 2.92. The van der Waals surface area contributed by atoms with E-state index in [-0.39, 0.29) is 10.7 Å². The number of aromatic nitrogens is 4. The standard InChI is InChI=1S/C9H7ClN4O/c1-14-3-2-7(13-14)8-6(4-15)9(10)12-5-11-8/h2-5H,1H3. The number of aryl methyl sites for hydroxylation is 1. The highest BCUT2D eigenvalue weighted by Gasteiger charge is 2.12. The highest BCUT2D eigenvalue weighted by atomic mass is 35.5. The number of hydrogen-bond donors (Lipinski definition) is 0. The predicted molar refractivity (Wildman–Crippen MR) is 54.6 cm³/mol. The lowest BCUT2D eigenvalue weighted by Gasteiger charge is -2.00. The van der Waals surface area contributed by atoms with Crippen LogP contribution in [0.15, 0.2) is 18.6 Å². The fourth-order valence-corrected chi connectivity index (χ4v) is 1.40. The van der Waals surface area contributed by atoms with Crippen molar-refractivity contribution in [3.63, 3.8) is 0 Å². The van der Waals surface area contributed by atoms with Gasteiger partial charge in [0.1, 0.15) is 22.9 Å². The van der Waals surface area contributed by atoms with Gasteiger partial charge in [0.25, 0.3) is 0 Å². The molecule has 2 heterocycles. The van der Waals surface area contributed by atoms with Gasteiger partial charge in [-0.05, 0) is 6.07 Å². The minimum absolute atomic E-state index is 0.139. The first-order valence-corrected chi connectivity index (χ1v) is 4.56. The summed E-state index contributed by atoms with van der Waals surface area (Å²) in [4.78, 5) is 18.6. The number of carbonyl (C=O) groups excluding carboxylic acids is 1. The summed E-state index contributed by atoms with van der Waals surface area (Å²) in [6.45, 7) is 0. The molecule has 6 heteroatoms. The van der Waals surface area contributed by atoms with Gasteiger partial charge in [0.05, 0.1) is 5.56 Å². The van der Waals surface area contributed by atoms with Crippen molar-refractivity contribution < 1.29 is 4.79 Å². The summed E-state index contributed by atoms with van der Waals surface area (Å²) in [6.07, 6.45) is 3.70. The quantitative estimate of drug-likeness (QED) is 0.568.